The lowest BCUT2D eigenvalue weighted by Gasteiger charge is -2.31. The van der Waals surface area contributed by atoms with E-state index in [4.69, 9.17) is 0 Å². The van der Waals surface area contributed by atoms with Gasteiger partial charge in [0.25, 0.3) is 5.91 Å². The van der Waals surface area contributed by atoms with Crippen molar-refractivity contribution in [3.8, 4) is 0 Å². The van der Waals surface area contributed by atoms with Crippen LogP contribution in [0.2, 0.25) is 0 Å². The first-order chi connectivity index (χ1) is 13.5. The molecule has 1 fully saturated rings. The Morgan fingerprint density at radius 3 is 2.54 bits per heavy atom. The number of rotatable bonds is 5. The molecule has 0 aromatic heterocycles. The molecule has 0 atom stereocenters. The first-order valence-corrected chi connectivity index (χ1v) is 9.52. The van der Waals surface area contributed by atoms with E-state index in [2.05, 4.69) is 5.32 Å². The van der Waals surface area contributed by atoms with Crippen molar-refractivity contribution in [2.75, 3.05) is 19.6 Å². The summed E-state index contributed by atoms with van der Waals surface area (Å²) in [6, 6.07) is 10.7. The van der Waals surface area contributed by atoms with E-state index >= 15 is 0 Å². The van der Waals surface area contributed by atoms with Gasteiger partial charge in [-0.05, 0) is 55.5 Å². The zero-order valence-electron chi connectivity index (χ0n) is 15.9. The minimum Gasteiger partial charge on any atom is -0.356 e. The smallest absolute Gasteiger partial charge is 0.254 e. The van der Waals surface area contributed by atoms with Crippen LogP contribution in [0.25, 0.3) is 0 Å². The quantitative estimate of drug-likeness (QED) is 0.855. The Morgan fingerprint density at radius 1 is 1.11 bits per heavy atom. The Kier molecular flexibility index (Phi) is 6.39. The maximum absolute atomic E-state index is 13.6. The molecule has 148 valence electrons. The number of carbonyl (C=O) groups is 2. The Hall–Kier alpha value is -2.76. The minimum absolute atomic E-state index is 0.0645. The van der Waals surface area contributed by atoms with Crippen molar-refractivity contribution in [2.24, 2.45) is 5.92 Å². The molecule has 2 aromatic carbocycles. The van der Waals surface area contributed by atoms with E-state index in [0.717, 1.165) is 5.56 Å². The number of hydrogen-bond acceptors (Lipinski definition) is 2. The van der Waals surface area contributed by atoms with Gasteiger partial charge in [0.15, 0.2) is 0 Å². The molecule has 1 heterocycles. The molecular formula is C22H24F2N2O2. The fourth-order valence-electron chi connectivity index (χ4n) is 3.51. The number of piperidine rings is 1. The van der Waals surface area contributed by atoms with Crippen molar-refractivity contribution >= 4 is 11.8 Å². The van der Waals surface area contributed by atoms with Crippen LogP contribution >= 0.6 is 0 Å². The lowest BCUT2D eigenvalue weighted by Crippen LogP contribution is -2.43. The first kappa shape index (κ1) is 20.0. The molecular weight excluding hydrogens is 362 g/mol. The summed E-state index contributed by atoms with van der Waals surface area (Å²) in [4.78, 5) is 26.7. The molecule has 1 aliphatic rings. The zero-order valence-corrected chi connectivity index (χ0v) is 15.9. The lowest BCUT2D eigenvalue weighted by atomic mass is 9.95. The topological polar surface area (TPSA) is 49.4 Å². The first-order valence-electron chi connectivity index (χ1n) is 9.52. The zero-order chi connectivity index (χ0) is 20.1. The Bertz CT molecular complexity index is 861. The summed E-state index contributed by atoms with van der Waals surface area (Å²) in [5, 5.41) is 2.86. The van der Waals surface area contributed by atoms with Gasteiger partial charge >= 0.3 is 0 Å². The summed E-state index contributed by atoms with van der Waals surface area (Å²) in [6.07, 6.45) is 1.56. The third-order valence-corrected chi connectivity index (χ3v) is 5.23. The molecule has 0 unspecified atom stereocenters. The van der Waals surface area contributed by atoms with E-state index in [1.165, 1.54) is 18.2 Å². The number of nitrogens with zero attached hydrogens (tertiary/aromatic N) is 1. The number of aryl methyl sites for hydroxylation is 1. The molecule has 1 aliphatic heterocycles. The predicted octanol–water partition coefficient (Wildman–Crippen LogP) is 3.48. The summed E-state index contributed by atoms with van der Waals surface area (Å²) in [6.45, 7) is 3.07. The van der Waals surface area contributed by atoms with Crippen LogP contribution in [0.3, 0.4) is 0 Å². The van der Waals surface area contributed by atoms with Gasteiger partial charge in [0.05, 0.1) is 0 Å². The molecule has 2 amide bonds. The molecule has 2 aromatic rings. The highest BCUT2D eigenvalue weighted by atomic mass is 19.1. The fraction of sp³-hybridized carbons (Fsp3) is 0.364. The molecule has 0 spiro atoms. The molecule has 28 heavy (non-hydrogen) atoms. The number of likely N-dealkylation sites (tertiary alicyclic amines) is 1. The summed E-state index contributed by atoms with van der Waals surface area (Å²) in [5.41, 5.74) is 1.68. The average Bonchev–Trinajstić information content (AvgIpc) is 2.71. The summed E-state index contributed by atoms with van der Waals surface area (Å²) in [5.74, 6) is -1.13. The molecule has 4 nitrogen and oxygen atoms in total. The summed E-state index contributed by atoms with van der Waals surface area (Å²) < 4.78 is 27.1. The van der Waals surface area contributed by atoms with E-state index in [-0.39, 0.29) is 23.5 Å². The monoisotopic (exact) mass is 386 g/mol. The lowest BCUT2D eigenvalue weighted by molar-refractivity contribution is -0.126. The Labute approximate surface area is 163 Å². The van der Waals surface area contributed by atoms with Gasteiger partial charge in [-0.25, -0.2) is 8.78 Å². The van der Waals surface area contributed by atoms with E-state index in [0.29, 0.717) is 50.0 Å². The molecule has 0 saturated carbocycles. The van der Waals surface area contributed by atoms with Crippen LogP contribution in [0.15, 0.2) is 42.5 Å². The van der Waals surface area contributed by atoms with Crippen molar-refractivity contribution in [3.63, 3.8) is 0 Å². The highest BCUT2D eigenvalue weighted by Crippen LogP contribution is 2.21. The van der Waals surface area contributed by atoms with Crippen LogP contribution in [0.5, 0.6) is 0 Å². The number of benzene rings is 2. The SMILES string of the molecule is Cc1ccc(F)cc1C(=O)N1CCC(C(=O)NCCc2ccccc2F)CC1. The third kappa shape index (κ3) is 4.74. The second-order valence-corrected chi connectivity index (χ2v) is 7.16. The molecule has 1 N–H and O–H groups in total. The molecule has 6 heteroatoms. The van der Waals surface area contributed by atoms with Crippen molar-refractivity contribution < 1.29 is 18.4 Å². The fourth-order valence-corrected chi connectivity index (χ4v) is 3.51. The third-order valence-electron chi connectivity index (χ3n) is 5.23. The standard InChI is InChI=1S/C22H24F2N2O2/c1-15-6-7-18(23)14-19(15)22(28)26-12-9-17(10-13-26)21(27)25-11-8-16-4-2-3-5-20(16)24/h2-7,14,17H,8-13H2,1H3,(H,25,27). The normalized spacial score (nSPS) is 14.8. The van der Waals surface area contributed by atoms with E-state index in [9.17, 15) is 18.4 Å². The summed E-state index contributed by atoms with van der Waals surface area (Å²) in [7, 11) is 0. The number of carbonyl (C=O) groups excluding carboxylic acids is 2. The van der Waals surface area contributed by atoms with Crippen LogP contribution in [-0.4, -0.2) is 36.3 Å². The van der Waals surface area contributed by atoms with E-state index < -0.39 is 5.82 Å². The van der Waals surface area contributed by atoms with Gasteiger partial charge in [-0.15, -0.1) is 0 Å². The summed E-state index contributed by atoms with van der Waals surface area (Å²) >= 11 is 0. The molecule has 3 rings (SSSR count). The van der Waals surface area contributed by atoms with E-state index in [1.807, 2.05) is 0 Å². The van der Waals surface area contributed by atoms with Crippen LogP contribution < -0.4 is 5.32 Å². The van der Waals surface area contributed by atoms with Crippen molar-refractivity contribution in [3.05, 3.63) is 70.8 Å². The predicted molar refractivity (Wildman–Crippen MR) is 103 cm³/mol. The minimum atomic E-state index is -0.432. The number of amides is 2. The van der Waals surface area contributed by atoms with Gasteiger partial charge in [-0.3, -0.25) is 9.59 Å². The van der Waals surface area contributed by atoms with Crippen LogP contribution in [-0.2, 0) is 11.2 Å². The Morgan fingerprint density at radius 2 is 1.82 bits per heavy atom. The maximum Gasteiger partial charge on any atom is 0.254 e. The van der Waals surface area contributed by atoms with Gasteiger partial charge in [-0.1, -0.05) is 24.3 Å². The van der Waals surface area contributed by atoms with Crippen LogP contribution in [0, 0.1) is 24.5 Å². The van der Waals surface area contributed by atoms with Gasteiger partial charge in [0.1, 0.15) is 11.6 Å². The molecule has 1 saturated heterocycles. The van der Waals surface area contributed by atoms with Gasteiger partial charge in [-0.2, -0.15) is 0 Å². The molecule has 0 bridgehead atoms. The van der Waals surface area contributed by atoms with Gasteiger partial charge < -0.3 is 10.2 Å². The highest BCUT2D eigenvalue weighted by Gasteiger charge is 2.28. The van der Waals surface area contributed by atoms with Crippen molar-refractivity contribution in [1.29, 1.82) is 0 Å². The second kappa shape index (κ2) is 8.95. The van der Waals surface area contributed by atoms with Crippen LogP contribution in [0.1, 0.15) is 34.3 Å². The van der Waals surface area contributed by atoms with Crippen LogP contribution in [0.4, 0.5) is 8.78 Å². The number of hydrogen-bond donors (Lipinski definition) is 1. The average molecular weight is 386 g/mol. The second-order valence-electron chi connectivity index (χ2n) is 7.16. The highest BCUT2D eigenvalue weighted by molar-refractivity contribution is 5.95. The Balaban J connectivity index is 1.48. The number of halogens is 2. The molecule has 0 radical (unpaired) electrons. The van der Waals surface area contributed by atoms with E-state index in [1.54, 1.807) is 36.1 Å². The largest absolute Gasteiger partial charge is 0.356 e. The maximum atomic E-state index is 13.6. The van der Waals surface area contributed by atoms with Gasteiger partial charge in [0, 0.05) is 31.1 Å². The van der Waals surface area contributed by atoms with Crippen molar-refractivity contribution in [2.45, 2.75) is 26.2 Å². The number of nitrogens with one attached hydrogen (secondary N) is 1. The van der Waals surface area contributed by atoms with Gasteiger partial charge in [0.2, 0.25) is 5.91 Å². The molecule has 0 aliphatic carbocycles. The van der Waals surface area contributed by atoms with Crippen molar-refractivity contribution in [1.82, 2.24) is 10.2 Å².